The summed E-state index contributed by atoms with van der Waals surface area (Å²) >= 11 is 0. The number of hydrogen-bond acceptors (Lipinski definition) is 3. The van der Waals surface area contributed by atoms with Crippen molar-refractivity contribution < 1.29 is 17.9 Å². The minimum Gasteiger partial charge on any atom is -0.392 e. The molecule has 1 aliphatic rings. The van der Waals surface area contributed by atoms with Crippen LogP contribution in [-0.2, 0) is 9.84 Å². The maximum atomic E-state index is 12.9. The maximum absolute atomic E-state index is 12.9. The summed E-state index contributed by atoms with van der Waals surface area (Å²) in [5.41, 5.74) is 0. The van der Waals surface area contributed by atoms with E-state index in [1.807, 2.05) is 0 Å². The van der Waals surface area contributed by atoms with Crippen LogP contribution in [0.25, 0.3) is 0 Å². The first-order valence-electron chi connectivity index (χ1n) is 6.69. The van der Waals surface area contributed by atoms with Crippen molar-refractivity contribution in [3.63, 3.8) is 0 Å². The molecule has 5 heteroatoms. The van der Waals surface area contributed by atoms with E-state index in [0.717, 1.165) is 37.8 Å². The van der Waals surface area contributed by atoms with E-state index in [1.165, 1.54) is 12.1 Å². The Morgan fingerprint density at radius 1 is 1.00 bits per heavy atom. The molecule has 3 nitrogen and oxygen atoms in total. The Bertz CT molecular complexity index is 510. The molecule has 2 rings (SSSR count). The van der Waals surface area contributed by atoms with E-state index in [-0.39, 0.29) is 4.90 Å². The van der Waals surface area contributed by atoms with Crippen molar-refractivity contribution >= 4 is 9.84 Å². The molecule has 0 aliphatic heterocycles. The highest BCUT2D eigenvalue weighted by Crippen LogP contribution is 2.27. The molecule has 2 atom stereocenters. The summed E-state index contributed by atoms with van der Waals surface area (Å²) in [6, 6.07) is 4.83. The Kier molecular flexibility index (Phi) is 4.58. The second kappa shape index (κ2) is 6.01. The quantitative estimate of drug-likeness (QED) is 0.850. The number of aliphatic hydroxyl groups is 1. The lowest BCUT2D eigenvalue weighted by atomic mass is 9.98. The normalized spacial score (nSPS) is 25.6. The minimum atomic E-state index is -3.58. The van der Waals surface area contributed by atoms with E-state index >= 15 is 0 Å². The average molecular weight is 286 g/mol. The van der Waals surface area contributed by atoms with Crippen LogP contribution in [0.2, 0.25) is 0 Å². The number of benzene rings is 1. The van der Waals surface area contributed by atoms with Crippen LogP contribution in [0.4, 0.5) is 4.39 Å². The van der Waals surface area contributed by atoms with Crippen molar-refractivity contribution in [1.29, 1.82) is 0 Å². The lowest BCUT2D eigenvalue weighted by molar-refractivity contribution is 0.144. The molecule has 1 fully saturated rings. The zero-order chi connectivity index (χ0) is 13.9. The van der Waals surface area contributed by atoms with Gasteiger partial charge in [0.15, 0.2) is 9.84 Å². The molecule has 0 bridgehead atoms. The van der Waals surface area contributed by atoms with Gasteiger partial charge >= 0.3 is 0 Å². The molecule has 0 radical (unpaired) electrons. The van der Waals surface area contributed by atoms with Gasteiger partial charge in [-0.1, -0.05) is 25.7 Å². The molecule has 1 aliphatic carbocycles. The van der Waals surface area contributed by atoms with E-state index in [1.54, 1.807) is 0 Å². The second-order valence-electron chi connectivity index (χ2n) is 5.10. The number of hydrogen-bond donors (Lipinski definition) is 1. The monoisotopic (exact) mass is 286 g/mol. The molecule has 1 N–H and O–H groups in total. The van der Waals surface area contributed by atoms with Gasteiger partial charge in [0.25, 0.3) is 0 Å². The number of halogens is 1. The number of aliphatic hydroxyl groups excluding tert-OH is 1. The topological polar surface area (TPSA) is 54.4 Å². The SMILES string of the molecule is O=S(=O)(c1ccc(F)cc1)C1CCCCCCC1O. The first-order chi connectivity index (χ1) is 9.01. The molecule has 106 valence electrons. The predicted molar refractivity (Wildman–Crippen MR) is 71.1 cm³/mol. The minimum absolute atomic E-state index is 0.0959. The van der Waals surface area contributed by atoms with Crippen molar-refractivity contribution in [2.75, 3.05) is 0 Å². The van der Waals surface area contributed by atoms with E-state index < -0.39 is 27.0 Å². The summed E-state index contributed by atoms with van der Waals surface area (Å²) in [7, 11) is -3.58. The first kappa shape index (κ1) is 14.5. The average Bonchev–Trinajstić information content (AvgIpc) is 2.34. The van der Waals surface area contributed by atoms with E-state index in [0.29, 0.717) is 12.8 Å². The molecular formula is C14H19FO3S. The van der Waals surface area contributed by atoms with Gasteiger partial charge in [-0.2, -0.15) is 0 Å². The van der Waals surface area contributed by atoms with Crippen LogP contribution >= 0.6 is 0 Å². The highest BCUT2D eigenvalue weighted by Gasteiger charge is 2.33. The van der Waals surface area contributed by atoms with Crippen molar-refractivity contribution in [3.05, 3.63) is 30.1 Å². The smallest absolute Gasteiger partial charge is 0.183 e. The number of sulfone groups is 1. The van der Waals surface area contributed by atoms with Crippen LogP contribution in [0, 0.1) is 5.82 Å². The third kappa shape index (κ3) is 3.34. The maximum Gasteiger partial charge on any atom is 0.183 e. The van der Waals surface area contributed by atoms with E-state index in [9.17, 15) is 17.9 Å². The molecular weight excluding hydrogens is 267 g/mol. The van der Waals surface area contributed by atoms with Gasteiger partial charge in [0, 0.05) is 0 Å². The summed E-state index contributed by atoms with van der Waals surface area (Å²) < 4.78 is 37.9. The largest absolute Gasteiger partial charge is 0.392 e. The van der Waals surface area contributed by atoms with Gasteiger partial charge in [0.1, 0.15) is 5.82 Å². The summed E-state index contributed by atoms with van der Waals surface area (Å²) in [6.45, 7) is 0. The Morgan fingerprint density at radius 3 is 2.21 bits per heavy atom. The zero-order valence-corrected chi connectivity index (χ0v) is 11.6. The van der Waals surface area contributed by atoms with E-state index in [4.69, 9.17) is 0 Å². The molecule has 0 heterocycles. The van der Waals surface area contributed by atoms with Gasteiger partial charge in [-0.3, -0.25) is 0 Å². The third-order valence-corrected chi connectivity index (χ3v) is 5.98. The molecule has 0 aromatic heterocycles. The lowest BCUT2D eigenvalue weighted by Gasteiger charge is -2.25. The molecule has 0 spiro atoms. The Labute approximate surface area is 113 Å². The molecule has 1 saturated carbocycles. The van der Waals surface area contributed by atoms with Crippen LogP contribution in [0.1, 0.15) is 38.5 Å². The van der Waals surface area contributed by atoms with Crippen LogP contribution < -0.4 is 0 Å². The molecule has 0 amide bonds. The van der Waals surface area contributed by atoms with Gasteiger partial charge in [-0.05, 0) is 37.1 Å². The summed E-state index contributed by atoms with van der Waals surface area (Å²) in [6.07, 6.45) is 3.88. The summed E-state index contributed by atoms with van der Waals surface area (Å²) in [5.74, 6) is -0.461. The van der Waals surface area contributed by atoms with Crippen LogP contribution in [0.3, 0.4) is 0 Å². The number of rotatable bonds is 2. The van der Waals surface area contributed by atoms with Crippen molar-refractivity contribution in [1.82, 2.24) is 0 Å². The van der Waals surface area contributed by atoms with Gasteiger partial charge in [-0.15, -0.1) is 0 Å². The van der Waals surface area contributed by atoms with Gasteiger partial charge in [-0.25, -0.2) is 12.8 Å². The van der Waals surface area contributed by atoms with Crippen LogP contribution in [-0.4, -0.2) is 24.9 Å². The molecule has 1 aromatic carbocycles. The van der Waals surface area contributed by atoms with Crippen LogP contribution in [0.5, 0.6) is 0 Å². The fraction of sp³-hybridized carbons (Fsp3) is 0.571. The zero-order valence-electron chi connectivity index (χ0n) is 10.8. The highest BCUT2D eigenvalue weighted by molar-refractivity contribution is 7.92. The second-order valence-corrected chi connectivity index (χ2v) is 7.26. The third-order valence-electron chi connectivity index (χ3n) is 3.71. The van der Waals surface area contributed by atoms with Gasteiger partial charge in [0.05, 0.1) is 16.2 Å². The van der Waals surface area contributed by atoms with Crippen molar-refractivity contribution in [3.8, 4) is 0 Å². The van der Waals surface area contributed by atoms with Gasteiger partial charge < -0.3 is 5.11 Å². The lowest BCUT2D eigenvalue weighted by Crippen LogP contribution is -2.35. The molecule has 0 saturated heterocycles. The predicted octanol–water partition coefficient (Wildman–Crippen LogP) is 2.68. The highest BCUT2D eigenvalue weighted by atomic mass is 32.2. The Hall–Kier alpha value is -0.940. The van der Waals surface area contributed by atoms with Crippen LogP contribution in [0.15, 0.2) is 29.2 Å². The van der Waals surface area contributed by atoms with E-state index in [2.05, 4.69) is 0 Å². The van der Waals surface area contributed by atoms with Crippen molar-refractivity contribution in [2.24, 2.45) is 0 Å². The Balaban J connectivity index is 2.28. The standard InChI is InChI=1S/C14H19FO3S/c15-11-7-9-12(10-8-11)19(17,18)14-6-4-2-1-3-5-13(14)16/h7-10,13-14,16H,1-6H2. The molecule has 19 heavy (non-hydrogen) atoms. The summed E-state index contributed by atoms with van der Waals surface area (Å²) in [5, 5.41) is 9.31. The molecule has 2 unspecified atom stereocenters. The summed E-state index contributed by atoms with van der Waals surface area (Å²) in [4.78, 5) is 0.0959. The Morgan fingerprint density at radius 2 is 1.58 bits per heavy atom. The molecule has 1 aromatic rings. The fourth-order valence-electron chi connectivity index (χ4n) is 2.59. The van der Waals surface area contributed by atoms with Gasteiger partial charge in [0.2, 0.25) is 0 Å². The fourth-order valence-corrected chi connectivity index (χ4v) is 4.48. The first-order valence-corrected chi connectivity index (χ1v) is 8.24. The van der Waals surface area contributed by atoms with Crippen molar-refractivity contribution in [2.45, 2.75) is 54.8 Å².